The van der Waals surface area contributed by atoms with E-state index in [4.69, 9.17) is 20.9 Å². The van der Waals surface area contributed by atoms with Crippen molar-refractivity contribution in [1.82, 2.24) is 0 Å². The maximum atomic E-state index is 14.3. The number of rotatable bonds is 4. The molecule has 0 spiro atoms. The van der Waals surface area contributed by atoms with Gasteiger partial charge in [0.05, 0.1) is 28.1 Å². The van der Waals surface area contributed by atoms with E-state index in [0.717, 1.165) is 0 Å². The van der Waals surface area contributed by atoms with Crippen LogP contribution in [0.1, 0.15) is 16.7 Å². The summed E-state index contributed by atoms with van der Waals surface area (Å²) < 4.78 is 157. The van der Waals surface area contributed by atoms with Gasteiger partial charge in [-0.1, -0.05) is 0 Å². The van der Waals surface area contributed by atoms with Crippen molar-refractivity contribution in [2.24, 2.45) is 0 Å². The minimum Gasteiger partial charge on any atom is -0.454 e. The van der Waals surface area contributed by atoms with Crippen LogP contribution < -0.4 is 20.9 Å². The van der Waals surface area contributed by atoms with E-state index in [1.807, 2.05) is 0 Å². The van der Waals surface area contributed by atoms with Gasteiger partial charge in [-0.2, -0.15) is 39.5 Å². The Morgan fingerprint density at radius 3 is 1.39 bits per heavy atom. The van der Waals surface area contributed by atoms with Crippen molar-refractivity contribution in [3.05, 3.63) is 70.8 Å². The summed E-state index contributed by atoms with van der Waals surface area (Å²) >= 11 is 0. The molecule has 0 radical (unpaired) electrons. The molecule has 194 valence electrons. The monoisotopic (exact) mass is 532 g/mol. The van der Waals surface area contributed by atoms with E-state index >= 15 is 0 Å². The average molecular weight is 532 g/mol. The Balaban J connectivity index is 2.10. The predicted octanol–water partition coefficient (Wildman–Crippen LogP) is 7.77. The van der Waals surface area contributed by atoms with E-state index in [2.05, 4.69) is 0 Å². The molecule has 0 bridgehead atoms. The van der Waals surface area contributed by atoms with Gasteiger partial charge in [-0.05, 0) is 36.4 Å². The molecule has 0 aliphatic heterocycles. The topological polar surface area (TPSA) is 70.5 Å². The molecule has 0 unspecified atom stereocenters. The number of anilines is 2. The quantitative estimate of drug-likeness (QED) is 0.266. The van der Waals surface area contributed by atoms with Gasteiger partial charge in [0.2, 0.25) is 0 Å². The highest BCUT2D eigenvalue weighted by molar-refractivity contribution is 5.54. The zero-order valence-corrected chi connectivity index (χ0v) is 17.2. The standard InChI is InChI=1S/C21H11F11N2O2/c22-17-12(33)3-8(19(24,25)26)5-15(17)35-10-1-2-11(21(30,31)32)14(7-10)36-16-6-9(20(27,28)29)4-13(34)18(16)23/h1-7H,33-34H2. The summed E-state index contributed by atoms with van der Waals surface area (Å²) in [5, 5.41) is 0. The van der Waals surface area contributed by atoms with Gasteiger partial charge in [0.15, 0.2) is 23.1 Å². The lowest BCUT2D eigenvalue weighted by atomic mass is 10.1. The second-order valence-electron chi connectivity index (χ2n) is 7.11. The van der Waals surface area contributed by atoms with Crippen molar-refractivity contribution in [2.75, 3.05) is 11.5 Å². The third-order valence-corrected chi connectivity index (χ3v) is 4.50. The van der Waals surface area contributed by atoms with Crippen LogP contribution in [-0.2, 0) is 18.5 Å². The van der Waals surface area contributed by atoms with Crippen LogP contribution in [0.2, 0.25) is 0 Å². The van der Waals surface area contributed by atoms with Gasteiger partial charge in [-0.25, -0.2) is 8.78 Å². The van der Waals surface area contributed by atoms with Crippen molar-refractivity contribution in [2.45, 2.75) is 18.5 Å². The van der Waals surface area contributed by atoms with Crippen molar-refractivity contribution < 1.29 is 57.8 Å². The number of nitrogen functional groups attached to an aromatic ring is 2. The molecule has 0 aliphatic rings. The van der Waals surface area contributed by atoms with Gasteiger partial charge in [0.25, 0.3) is 0 Å². The molecule has 0 atom stereocenters. The Hall–Kier alpha value is -3.91. The van der Waals surface area contributed by atoms with Crippen LogP contribution in [0.4, 0.5) is 59.7 Å². The van der Waals surface area contributed by atoms with Gasteiger partial charge >= 0.3 is 18.5 Å². The highest BCUT2D eigenvalue weighted by atomic mass is 19.4. The number of alkyl halides is 9. The molecule has 0 aliphatic carbocycles. The lowest BCUT2D eigenvalue weighted by molar-refractivity contribution is -0.139. The number of halogens is 11. The summed E-state index contributed by atoms with van der Waals surface area (Å²) in [6, 6.07) is 1.85. The molecular formula is C21H11F11N2O2. The molecule has 36 heavy (non-hydrogen) atoms. The average Bonchev–Trinajstić information content (AvgIpc) is 2.72. The van der Waals surface area contributed by atoms with Gasteiger partial charge in [0, 0.05) is 6.07 Å². The largest absolute Gasteiger partial charge is 0.454 e. The second-order valence-corrected chi connectivity index (χ2v) is 7.11. The molecule has 3 aromatic carbocycles. The number of ether oxygens (including phenoxy) is 2. The molecule has 0 heterocycles. The maximum absolute atomic E-state index is 14.3. The fourth-order valence-corrected chi connectivity index (χ4v) is 2.84. The molecule has 4 nitrogen and oxygen atoms in total. The third kappa shape index (κ3) is 5.66. The highest BCUT2D eigenvalue weighted by Crippen LogP contribution is 2.44. The fraction of sp³-hybridized carbons (Fsp3) is 0.143. The number of nitrogens with two attached hydrogens (primary N) is 2. The summed E-state index contributed by atoms with van der Waals surface area (Å²) in [7, 11) is 0. The molecular weight excluding hydrogens is 521 g/mol. The van der Waals surface area contributed by atoms with E-state index in [-0.39, 0.29) is 30.3 Å². The summed E-state index contributed by atoms with van der Waals surface area (Å²) in [6.45, 7) is 0. The van der Waals surface area contributed by atoms with Gasteiger partial charge in [-0.15, -0.1) is 0 Å². The first-order chi connectivity index (χ1) is 16.4. The van der Waals surface area contributed by atoms with Crippen LogP contribution in [0.5, 0.6) is 23.0 Å². The highest BCUT2D eigenvalue weighted by Gasteiger charge is 2.37. The fourth-order valence-electron chi connectivity index (χ4n) is 2.84. The van der Waals surface area contributed by atoms with Gasteiger partial charge < -0.3 is 20.9 Å². The van der Waals surface area contributed by atoms with E-state index in [9.17, 15) is 48.3 Å². The SMILES string of the molecule is Nc1cc(C(F)(F)F)cc(Oc2ccc(C(F)(F)F)c(Oc3cc(C(F)(F)F)cc(N)c3F)c2)c1F. The van der Waals surface area contributed by atoms with Crippen LogP contribution in [0, 0.1) is 11.6 Å². The summed E-state index contributed by atoms with van der Waals surface area (Å²) in [4.78, 5) is 0. The second kappa shape index (κ2) is 8.95. The molecule has 0 amide bonds. The van der Waals surface area contributed by atoms with Crippen LogP contribution in [0.15, 0.2) is 42.5 Å². The Labute approximate surface area is 193 Å². The minimum absolute atomic E-state index is 0.0482. The Morgan fingerprint density at radius 2 is 0.972 bits per heavy atom. The van der Waals surface area contributed by atoms with Crippen molar-refractivity contribution in [3.8, 4) is 23.0 Å². The van der Waals surface area contributed by atoms with Crippen LogP contribution in [-0.4, -0.2) is 0 Å². The first-order valence-corrected chi connectivity index (χ1v) is 9.27. The van der Waals surface area contributed by atoms with Crippen molar-refractivity contribution in [3.63, 3.8) is 0 Å². The molecule has 3 aromatic rings. The number of benzene rings is 3. The zero-order chi connectivity index (χ0) is 27.2. The van der Waals surface area contributed by atoms with Crippen LogP contribution >= 0.6 is 0 Å². The van der Waals surface area contributed by atoms with Crippen LogP contribution in [0.3, 0.4) is 0 Å². The molecule has 0 saturated heterocycles. The third-order valence-electron chi connectivity index (χ3n) is 4.50. The van der Waals surface area contributed by atoms with E-state index in [0.29, 0.717) is 12.1 Å². The lowest BCUT2D eigenvalue weighted by Gasteiger charge is -2.18. The first-order valence-electron chi connectivity index (χ1n) is 9.27. The molecule has 15 heteroatoms. The van der Waals surface area contributed by atoms with Crippen molar-refractivity contribution in [1.29, 1.82) is 0 Å². The maximum Gasteiger partial charge on any atom is 0.419 e. The predicted molar refractivity (Wildman–Crippen MR) is 103 cm³/mol. The Bertz CT molecular complexity index is 1300. The normalized spacial score (nSPS) is 12.5. The zero-order valence-electron chi connectivity index (χ0n) is 17.2. The molecule has 3 rings (SSSR count). The molecule has 0 saturated carbocycles. The number of hydrogen-bond donors (Lipinski definition) is 2. The lowest BCUT2D eigenvalue weighted by Crippen LogP contribution is -2.10. The summed E-state index contributed by atoms with van der Waals surface area (Å²) in [5.74, 6) is -7.67. The van der Waals surface area contributed by atoms with Gasteiger partial charge in [0.1, 0.15) is 11.5 Å². The minimum atomic E-state index is -5.19. The van der Waals surface area contributed by atoms with Gasteiger partial charge in [-0.3, -0.25) is 0 Å². The first kappa shape index (κ1) is 26.7. The van der Waals surface area contributed by atoms with Crippen LogP contribution in [0.25, 0.3) is 0 Å². The number of hydrogen-bond acceptors (Lipinski definition) is 4. The molecule has 0 aromatic heterocycles. The van der Waals surface area contributed by atoms with E-state index < -0.39 is 81.2 Å². The summed E-state index contributed by atoms with van der Waals surface area (Å²) in [5.41, 5.74) is 3.64. The van der Waals surface area contributed by atoms with E-state index in [1.165, 1.54) is 0 Å². The molecule has 0 fully saturated rings. The Morgan fingerprint density at radius 1 is 0.528 bits per heavy atom. The summed E-state index contributed by atoms with van der Waals surface area (Å²) in [6.07, 6.45) is -15.3. The van der Waals surface area contributed by atoms with E-state index in [1.54, 1.807) is 0 Å². The smallest absolute Gasteiger partial charge is 0.419 e. The molecule has 4 N–H and O–H groups in total. The van der Waals surface area contributed by atoms with Crippen molar-refractivity contribution >= 4 is 11.4 Å². The Kier molecular flexibility index (Phi) is 6.63.